The molecule has 4 atom stereocenters. The van der Waals surface area contributed by atoms with Gasteiger partial charge < -0.3 is 29.5 Å². The summed E-state index contributed by atoms with van der Waals surface area (Å²) in [7, 11) is 0. The van der Waals surface area contributed by atoms with E-state index in [0.29, 0.717) is 25.7 Å². The van der Waals surface area contributed by atoms with Gasteiger partial charge >= 0.3 is 12.2 Å². The number of aliphatic hydroxyl groups is 2. The first-order valence-corrected chi connectivity index (χ1v) is 17.3. The second-order valence-corrected chi connectivity index (χ2v) is 17.4. The number of amides is 2. The number of hydrogen-bond acceptors (Lipinski definition) is 10. The maximum absolute atomic E-state index is 12.4. The lowest BCUT2D eigenvalue weighted by Crippen LogP contribution is -2.53. The molecule has 4 fully saturated rings. The van der Waals surface area contributed by atoms with E-state index in [4.69, 9.17) is 9.47 Å². The van der Waals surface area contributed by atoms with Crippen LogP contribution in [-0.4, -0.2) is 77.5 Å². The molecule has 10 nitrogen and oxygen atoms in total. The molecule has 44 heavy (non-hydrogen) atoms. The van der Waals surface area contributed by atoms with Gasteiger partial charge in [0.05, 0.1) is 0 Å². The molecule has 4 aliphatic heterocycles. The predicted molar refractivity (Wildman–Crippen MR) is 170 cm³/mol. The number of nitrogens with zero attached hydrogens (tertiary/aromatic N) is 4. The van der Waals surface area contributed by atoms with Gasteiger partial charge in [-0.3, -0.25) is 0 Å². The molecule has 12 heteroatoms. The smallest absolute Gasteiger partial charge is 0.410 e. The zero-order valence-electron chi connectivity index (χ0n) is 27.3. The molecular formula is C32H48N4O6S2. The van der Waals surface area contributed by atoms with Crippen molar-refractivity contribution in [3.05, 3.63) is 32.2 Å². The lowest BCUT2D eigenvalue weighted by Gasteiger charge is -2.43. The molecule has 2 aromatic heterocycles. The highest BCUT2D eigenvalue weighted by Crippen LogP contribution is 2.48. The number of ether oxygens (including phenoxy) is 2. The summed E-state index contributed by atoms with van der Waals surface area (Å²) in [4.78, 5) is 39.5. The van der Waals surface area contributed by atoms with Crippen molar-refractivity contribution in [3.8, 4) is 0 Å². The van der Waals surface area contributed by atoms with E-state index in [0.717, 1.165) is 45.5 Å². The fourth-order valence-electron chi connectivity index (χ4n) is 7.16. The van der Waals surface area contributed by atoms with Crippen LogP contribution in [0.1, 0.15) is 113 Å². The quantitative estimate of drug-likeness (QED) is 0.383. The first-order chi connectivity index (χ1) is 20.4. The van der Waals surface area contributed by atoms with Crippen molar-refractivity contribution < 1.29 is 29.3 Å². The summed E-state index contributed by atoms with van der Waals surface area (Å²) in [5.41, 5.74) is -2.78. The van der Waals surface area contributed by atoms with E-state index in [9.17, 15) is 19.8 Å². The maximum atomic E-state index is 12.4. The Labute approximate surface area is 268 Å². The first-order valence-electron chi connectivity index (χ1n) is 15.7. The van der Waals surface area contributed by atoms with Crippen LogP contribution in [0.3, 0.4) is 0 Å². The Bertz CT molecular complexity index is 1230. The van der Waals surface area contributed by atoms with Crippen molar-refractivity contribution in [2.75, 3.05) is 0 Å². The standard InChI is InChI=1S/2C16H24N2O3S/c2*1-10-9-17-13(22-10)16(20)7-11-5-6-12(8-16)18(11)14(19)21-15(2,3)4/h2*9,11-12,20H,5-8H2,1-4H3. The first kappa shape index (κ1) is 33.1. The molecule has 2 amide bonds. The van der Waals surface area contributed by atoms with Gasteiger partial charge in [-0.2, -0.15) is 0 Å². The molecule has 4 saturated heterocycles. The number of thiazole rings is 2. The molecule has 4 unspecified atom stereocenters. The average molecular weight is 649 g/mol. The van der Waals surface area contributed by atoms with Crippen LogP contribution in [0.2, 0.25) is 0 Å². The van der Waals surface area contributed by atoms with Crippen LogP contribution in [0.25, 0.3) is 0 Å². The number of hydrogen-bond donors (Lipinski definition) is 2. The maximum Gasteiger partial charge on any atom is 0.410 e. The minimum absolute atomic E-state index is 0.0443. The van der Waals surface area contributed by atoms with Gasteiger partial charge in [0, 0.05) is 72.0 Å². The van der Waals surface area contributed by atoms with Gasteiger partial charge in [0.15, 0.2) is 0 Å². The number of rotatable bonds is 2. The third kappa shape index (κ3) is 7.08. The van der Waals surface area contributed by atoms with Crippen molar-refractivity contribution in [1.82, 2.24) is 19.8 Å². The molecule has 6 rings (SSSR count). The molecule has 244 valence electrons. The number of carbonyl (C=O) groups is 2. The highest BCUT2D eigenvalue weighted by molar-refractivity contribution is 7.11. The van der Waals surface area contributed by atoms with E-state index >= 15 is 0 Å². The van der Waals surface area contributed by atoms with Crippen LogP contribution in [0.4, 0.5) is 9.59 Å². The Morgan fingerprint density at radius 2 is 1.00 bits per heavy atom. The SMILES string of the molecule is Cc1cnc(C2(O)CC3CCC(C2)N3C(=O)OC(C)(C)C)s1.Cc1cnc(C2(O)CC3CCC(C2)N3C(=O)OC(C)(C)C)s1. The Balaban J connectivity index is 0.000000175. The third-order valence-corrected chi connectivity index (χ3v) is 11.0. The van der Waals surface area contributed by atoms with Crippen molar-refractivity contribution in [2.45, 2.75) is 153 Å². The van der Waals surface area contributed by atoms with Gasteiger partial charge in [-0.15, -0.1) is 22.7 Å². The van der Waals surface area contributed by atoms with E-state index in [1.165, 1.54) is 0 Å². The molecule has 4 aliphatic rings. The lowest BCUT2D eigenvalue weighted by molar-refractivity contribution is -0.0635. The van der Waals surface area contributed by atoms with Crippen LogP contribution in [-0.2, 0) is 20.7 Å². The minimum atomic E-state index is -0.900. The van der Waals surface area contributed by atoms with Crippen molar-refractivity contribution in [1.29, 1.82) is 0 Å². The molecule has 0 aromatic carbocycles. The Hall–Kier alpha value is -2.28. The highest BCUT2D eigenvalue weighted by atomic mass is 32.1. The predicted octanol–water partition coefficient (Wildman–Crippen LogP) is 6.40. The van der Waals surface area contributed by atoms with E-state index < -0.39 is 22.4 Å². The Morgan fingerprint density at radius 1 is 0.705 bits per heavy atom. The van der Waals surface area contributed by atoms with E-state index in [1.54, 1.807) is 35.1 Å². The second-order valence-electron chi connectivity index (χ2n) is 15.0. The van der Waals surface area contributed by atoms with Crippen LogP contribution in [0, 0.1) is 13.8 Å². The Morgan fingerprint density at radius 3 is 1.23 bits per heavy atom. The van der Waals surface area contributed by atoms with Crippen LogP contribution in [0.5, 0.6) is 0 Å². The van der Waals surface area contributed by atoms with Crippen LogP contribution < -0.4 is 0 Å². The summed E-state index contributed by atoms with van der Waals surface area (Å²) in [6.45, 7) is 15.3. The zero-order chi connectivity index (χ0) is 32.2. The number of fused-ring (bicyclic) bond motifs is 4. The number of aromatic nitrogens is 2. The summed E-state index contributed by atoms with van der Waals surface area (Å²) in [5.74, 6) is 0. The number of carbonyl (C=O) groups excluding carboxylic acids is 2. The zero-order valence-corrected chi connectivity index (χ0v) is 28.9. The molecule has 0 aliphatic carbocycles. The van der Waals surface area contributed by atoms with E-state index in [2.05, 4.69) is 9.97 Å². The van der Waals surface area contributed by atoms with Crippen LogP contribution >= 0.6 is 22.7 Å². The van der Waals surface area contributed by atoms with Crippen molar-refractivity contribution in [3.63, 3.8) is 0 Å². The fraction of sp³-hybridized carbons (Fsp3) is 0.750. The highest BCUT2D eigenvalue weighted by Gasteiger charge is 2.53. The second kappa shape index (κ2) is 11.8. The molecule has 2 aromatic rings. The topological polar surface area (TPSA) is 125 Å². The van der Waals surface area contributed by atoms with Gasteiger partial charge in [0.1, 0.15) is 32.4 Å². The summed E-state index contributed by atoms with van der Waals surface area (Å²) >= 11 is 3.10. The van der Waals surface area contributed by atoms with Gasteiger partial charge in [0.2, 0.25) is 0 Å². The summed E-state index contributed by atoms with van der Waals surface area (Å²) in [6, 6.07) is 0.177. The average Bonchev–Trinajstić information content (AvgIpc) is 3.64. The van der Waals surface area contributed by atoms with Gasteiger partial charge in [0.25, 0.3) is 0 Å². The number of piperidine rings is 2. The lowest BCUT2D eigenvalue weighted by atomic mass is 9.87. The normalized spacial score (nSPS) is 31.4. The molecule has 4 bridgehead atoms. The van der Waals surface area contributed by atoms with Crippen molar-refractivity contribution in [2.24, 2.45) is 0 Å². The van der Waals surface area contributed by atoms with Crippen LogP contribution in [0.15, 0.2) is 12.4 Å². The van der Waals surface area contributed by atoms with E-state index in [1.807, 2.05) is 65.2 Å². The van der Waals surface area contributed by atoms with Gasteiger partial charge in [-0.1, -0.05) is 0 Å². The minimum Gasteiger partial charge on any atom is -0.444 e. The molecule has 0 spiro atoms. The molecule has 0 radical (unpaired) electrons. The molecular weight excluding hydrogens is 601 g/mol. The molecule has 2 N–H and O–H groups in total. The summed E-state index contributed by atoms with van der Waals surface area (Å²) in [6.07, 6.45) is 9.02. The van der Waals surface area contributed by atoms with Gasteiger partial charge in [-0.05, 0) is 81.1 Å². The molecule has 0 saturated carbocycles. The molecule has 6 heterocycles. The van der Waals surface area contributed by atoms with Gasteiger partial charge in [-0.25, -0.2) is 19.6 Å². The fourth-order valence-corrected chi connectivity index (χ4v) is 8.91. The monoisotopic (exact) mass is 648 g/mol. The largest absolute Gasteiger partial charge is 0.444 e. The van der Waals surface area contributed by atoms with E-state index in [-0.39, 0.29) is 36.4 Å². The summed E-state index contributed by atoms with van der Waals surface area (Å²) in [5, 5.41) is 23.6. The van der Waals surface area contributed by atoms with Crippen molar-refractivity contribution >= 4 is 34.9 Å². The number of aryl methyl sites for hydroxylation is 2. The Kier molecular flexibility index (Phi) is 8.89. The third-order valence-electron chi connectivity index (χ3n) is 8.78. The summed E-state index contributed by atoms with van der Waals surface area (Å²) < 4.78 is 11.1.